The van der Waals surface area contributed by atoms with E-state index in [0.29, 0.717) is 38.6 Å². The molecule has 3 unspecified atom stereocenters. The van der Waals surface area contributed by atoms with Crippen molar-refractivity contribution in [1.82, 2.24) is 15.5 Å². The minimum atomic E-state index is -0.990. The van der Waals surface area contributed by atoms with Crippen molar-refractivity contribution in [2.45, 2.75) is 56.2 Å². The summed E-state index contributed by atoms with van der Waals surface area (Å²) >= 11 is 0. The summed E-state index contributed by atoms with van der Waals surface area (Å²) in [5.41, 5.74) is 1.90. The molecule has 3 heterocycles. The summed E-state index contributed by atoms with van der Waals surface area (Å²) in [5.74, 6) is -0.164. The Balaban J connectivity index is 1.67. The monoisotopic (exact) mass is 361 g/mol. The van der Waals surface area contributed by atoms with Crippen molar-refractivity contribution in [2.75, 3.05) is 19.6 Å². The number of allylic oxidation sites excluding steroid dienone is 3. The molecule has 3 aliphatic heterocycles. The fraction of sp³-hybridized carbons (Fsp3) is 0.632. The maximum Gasteiger partial charge on any atom is 0.222 e. The molecule has 4 rings (SSSR count). The van der Waals surface area contributed by atoms with Crippen LogP contribution in [0.15, 0.2) is 34.9 Å². The zero-order valence-corrected chi connectivity index (χ0v) is 14.8. The van der Waals surface area contributed by atoms with Crippen LogP contribution < -0.4 is 10.6 Å². The van der Waals surface area contributed by atoms with E-state index in [0.717, 1.165) is 29.8 Å². The lowest BCUT2D eigenvalue weighted by molar-refractivity contribution is -0.132. The first-order chi connectivity index (χ1) is 12.5. The van der Waals surface area contributed by atoms with Crippen LogP contribution in [-0.2, 0) is 4.79 Å². The third-order valence-electron chi connectivity index (χ3n) is 6.14. The summed E-state index contributed by atoms with van der Waals surface area (Å²) < 4.78 is 0. The first-order valence-corrected chi connectivity index (χ1v) is 9.43. The lowest BCUT2D eigenvalue weighted by atomic mass is 9.80. The van der Waals surface area contributed by atoms with E-state index < -0.39 is 18.1 Å². The number of nitrogens with one attached hydrogen (secondary N) is 2. The highest BCUT2D eigenvalue weighted by Crippen LogP contribution is 2.41. The van der Waals surface area contributed by atoms with Gasteiger partial charge in [-0.2, -0.15) is 0 Å². The number of hydrogen-bond donors (Lipinski definition) is 5. The molecule has 0 saturated carbocycles. The third kappa shape index (κ3) is 3.04. The van der Waals surface area contributed by atoms with Gasteiger partial charge < -0.3 is 26.0 Å². The average Bonchev–Trinajstić information content (AvgIpc) is 2.80. The van der Waals surface area contributed by atoms with Crippen molar-refractivity contribution >= 4 is 5.91 Å². The van der Waals surface area contributed by atoms with Crippen molar-refractivity contribution in [3.05, 3.63) is 34.9 Å². The molecule has 5 N–H and O–H groups in total. The Bertz CT molecular complexity index is 678. The van der Waals surface area contributed by atoms with E-state index >= 15 is 0 Å². The fourth-order valence-corrected chi connectivity index (χ4v) is 4.66. The summed E-state index contributed by atoms with van der Waals surface area (Å²) in [4.78, 5) is 13.3. The second kappa shape index (κ2) is 6.90. The van der Waals surface area contributed by atoms with Crippen molar-refractivity contribution in [2.24, 2.45) is 0 Å². The SMILES string of the molecule is O=C1CCC(N2CC3=C(C4(O)CCNCC4)CC=CC=C3C2O)C(O)N1. The van der Waals surface area contributed by atoms with Crippen LogP contribution >= 0.6 is 0 Å². The number of aliphatic hydroxyl groups is 3. The highest BCUT2D eigenvalue weighted by atomic mass is 16.3. The number of fused-ring (bicyclic) bond motifs is 1. The minimum absolute atomic E-state index is 0.164. The van der Waals surface area contributed by atoms with Crippen LogP contribution in [0.5, 0.6) is 0 Å². The van der Waals surface area contributed by atoms with Gasteiger partial charge in [-0.25, -0.2) is 0 Å². The van der Waals surface area contributed by atoms with Gasteiger partial charge in [0.05, 0.1) is 11.6 Å². The molecule has 0 aromatic carbocycles. The van der Waals surface area contributed by atoms with Gasteiger partial charge in [0.25, 0.3) is 0 Å². The van der Waals surface area contributed by atoms with Crippen LogP contribution in [-0.4, -0.2) is 69.9 Å². The van der Waals surface area contributed by atoms with Crippen LogP contribution in [0.3, 0.4) is 0 Å². The fourth-order valence-electron chi connectivity index (χ4n) is 4.66. The Morgan fingerprint density at radius 2 is 2.00 bits per heavy atom. The maximum absolute atomic E-state index is 11.5. The zero-order valence-electron chi connectivity index (χ0n) is 14.8. The zero-order chi connectivity index (χ0) is 18.3. The predicted octanol–water partition coefficient (Wildman–Crippen LogP) is -0.485. The Morgan fingerprint density at radius 1 is 1.23 bits per heavy atom. The summed E-state index contributed by atoms with van der Waals surface area (Å²) in [6.07, 6.45) is 6.85. The van der Waals surface area contributed by atoms with Gasteiger partial charge in [0.2, 0.25) is 5.91 Å². The molecule has 26 heavy (non-hydrogen) atoms. The van der Waals surface area contributed by atoms with Crippen LogP contribution in [0.4, 0.5) is 0 Å². The van der Waals surface area contributed by atoms with Crippen molar-refractivity contribution in [3.8, 4) is 0 Å². The van der Waals surface area contributed by atoms with Crippen molar-refractivity contribution in [1.29, 1.82) is 0 Å². The van der Waals surface area contributed by atoms with Crippen molar-refractivity contribution in [3.63, 3.8) is 0 Å². The quantitative estimate of drug-likeness (QED) is 0.455. The maximum atomic E-state index is 11.5. The molecule has 0 radical (unpaired) electrons. The second-order valence-electron chi connectivity index (χ2n) is 7.66. The van der Waals surface area contributed by atoms with Crippen LogP contribution in [0.2, 0.25) is 0 Å². The van der Waals surface area contributed by atoms with Gasteiger partial charge in [-0.3, -0.25) is 9.69 Å². The van der Waals surface area contributed by atoms with Gasteiger partial charge in [-0.05, 0) is 55.5 Å². The first-order valence-electron chi connectivity index (χ1n) is 9.43. The van der Waals surface area contributed by atoms with E-state index in [1.165, 1.54) is 0 Å². The molecule has 7 nitrogen and oxygen atoms in total. The standard InChI is InChI=1S/C19H27N3O4/c23-16-6-5-15(17(24)21-16)22-11-13-12(18(22)25)3-1-2-4-14(13)19(26)7-9-20-10-8-19/h1-3,15,17-18,20,24-26H,4-11H2,(H,21,23). The lowest BCUT2D eigenvalue weighted by Crippen LogP contribution is -2.56. The Morgan fingerprint density at radius 3 is 2.73 bits per heavy atom. The van der Waals surface area contributed by atoms with E-state index in [-0.39, 0.29) is 11.9 Å². The molecule has 3 atom stereocenters. The number of carbonyl (C=O) groups excluding carboxylic acids is 1. The smallest absolute Gasteiger partial charge is 0.222 e. The normalized spacial score (nSPS) is 35.0. The van der Waals surface area contributed by atoms with Gasteiger partial charge in [0.15, 0.2) is 0 Å². The minimum Gasteiger partial charge on any atom is -0.385 e. The number of carbonyl (C=O) groups is 1. The van der Waals surface area contributed by atoms with Gasteiger partial charge >= 0.3 is 0 Å². The van der Waals surface area contributed by atoms with E-state index in [1.54, 1.807) is 0 Å². The van der Waals surface area contributed by atoms with Gasteiger partial charge in [0.1, 0.15) is 12.5 Å². The topological polar surface area (TPSA) is 105 Å². The summed E-state index contributed by atoms with van der Waals surface area (Å²) in [5, 5.41) is 38.3. The molecule has 3 saturated heterocycles. The Kier molecular flexibility index (Phi) is 4.75. The summed E-state index contributed by atoms with van der Waals surface area (Å²) in [7, 11) is 0. The van der Waals surface area contributed by atoms with Crippen LogP contribution in [0.1, 0.15) is 32.1 Å². The van der Waals surface area contributed by atoms with E-state index in [1.807, 2.05) is 23.1 Å². The van der Waals surface area contributed by atoms with Crippen molar-refractivity contribution < 1.29 is 20.1 Å². The number of nitrogens with zero attached hydrogens (tertiary/aromatic N) is 1. The first kappa shape index (κ1) is 17.9. The molecule has 3 fully saturated rings. The molecular formula is C19H27N3O4. The molecule has 0 bridgehead atoms. The number of amides is 1. The molecule has 0 aromatic heterocycles. The number of piperidine rings is 2. The molecule has 142 valence electrons. The number of rotatable bonds is 2. The molecule has 7 heteroatoms. The van der Waals surface area contributed by atoms with Crippen LogP contribution in [0.25, 0.3) is 0 Å². The largest absolute Gasteiger partial charge is 0.385 e. The summed E-state index contributed by atoms with van der Waals surface area (Å²) in [6.45, 7) is 2.02. The van der Waals surface area contributed by atoms with Gasteiger partial charge in [0, 0.05) is 13.0 Å². The Labute approximate surface area is 153 Å². The van der Waals surface area contributed by atoms with Crippen LogP contribution in [0, 0.1) is 0 Å². The highest BCUT2D eigenvalue weighted by Gasteiger charge is 2.44. The summed E-state index contributed by atoms with van der Waals surface area (Å²) in [6, 6.07) is -0.337. The van der Waals surface area contributed by atoms with Gasteiger partial charge in [-0.15, -0.1) is 0 Å². The predicted molar refractivity (Wildman–Crippen MR) is 95.8 cm³/mol. The molecule has 1 amide bonds. The number of aliphatic hydroxyl groups excluding tert-OH is 2. The molecule has 0 aromatic rings. The second-order valence-corrected chi connectivity index (χ2v) is 7.66. The van der Waals surface area contributed by atoms with E-state index in [4.69, 9.17) is 0 Å². The lowest BCUT2D eigenvalue weighted by Gasteiger charge is -2.37. The number of likely N-dealkylation sites (tertiary alicyclic amines) is 1. The molecule has 4 aliphatic rings. The molecule has 0 spiro atoms. The molecule has 1 aliphatic carbocycles. The highest BCUT2D eigenvalue weighted by molar-refractivity contribution is 5.77. The van der Waals surface area contributed by atoms with E-state index in [9.17, 15) is 20.1 Å². The Hall–Kier alpha value is -1.51. The third-order valence-corrected chi connectivity index (χ3v) is 6.14. The number of hydrogen-bond acceptors (Lipinski definition) is 6. The van der Waals surface area contributed by atoms with E-state index in [2.05, 4.69) is 10.6 Å². The average molecular weight is 361 g/mol. The van der Waals surface area contributed by atoms with Gasteiger partial charge in [-0.1, -0.05) is 18.2 Å². The molecular weight excluding hydrogens is 334 g/mol.